The zero-order valence-electron chi connectivity index (χ0n) is 14.9. The fourth-order valence-electron chi connectivity index (χ4n) is 3.09. The Balaban J connectivity index is 1.74. The molecule has 3 N–H and O–H groups in total. The lowest BCUT2D eigenvalue weighted by molar-refractivity contribution is -0.126. The van der Waals surface area contributed by atoms with E-state index in [0.29, 0.717) is 11.4 Å². The fourth-order valence-corrected chi connectivity index (χ4v) is 3.22. The summed E-state index contributed by atoms with van der Waals surface area (Å²) in [6.07, 6.45) is 2.49. The Labute approximate surface area is 158 Å². The third kappa shape index (κ3) is 3.76. The van der Waals surface area contributed by atoms with E-state index in [0.717, 1.165) is 22.0 Å². The highest BCUT2D eigenvalue weighted by atomic mass is 35.5. The summed E-state index contributed by atoms with van der Waals surface area (Å²) in [7, 11) is 0. The van der Waals surface area contributed by atoms with E-state index in [1.165, 1.54) is 0 Å². The summed E-state index contributed by atoms with van der Waals surface area (Å²) in [6.45, 7) is 3.61. The SMILES string of the molecule is CC(C)(C(=O)N[C@H](CO)Cc1c[nH]c2ccccc12)c1ccc(Cl)cc1. The molecule has 2 aromatic carbocycles. The number of halogens is 1. The lowest BCUT2D eigenvalue weighted by Crippen LogP contribution is -2.47. The van der Waals surface area contributed by atoms with E-state index in [2.05, 4.69) is 10.3 Å². The average molecular weight is 371 g/mol. The zero-order valence-corrected chi connectivity index (χ0v) is 15.7. The average Bonchev–Trinajstić information content (AvgIpc) is 3.04. The molecule has 0 fully saturated rings. The molecule has 1 amide bonds. The Morgan fingerprint density at radius 1 is 1.19 bits per heavy atom. The maximum Gasteiger partial charge on any atom is 0.230 e. The Hall–Kier alpha value is -2.30. The standard InChI is InChI=1S/C21H23ClN2O2/c1-21(2,15-7-9-16(22)10-8-15)20(26)24-17(13-25)11-14-12-23-19-6-4-3-5-18(14)19/h3-10,12,17,23,25H,11,13H2,1-2H3,(H,24,26)/t17-/m0/s1. The normalized spacial score (nSPS) is 12.9. The molecule has 0 aliphatic heterocycles. The fraction of sp³-hybridized carbons (Fsp3) is 0.286. The first kappa shape index (κ1) is 18.5. The van der Waals surface area contributed by atoms with Gasteiger partial charge in [-0.15, -0.1) is 0 Å². The van der Waals surface area contributed by atoms with Gasteiger partial charge < -0.3 is 15.4 Å². The van der Waals surface area contributed by atoms with Crippen molar-refractivity contribution in [1.82, 2.24) is 10.3 Å². The second kappa shape index (κ2) is 7.52. The third-order valence-electron chi connectivity index (χ3n) is 4.83. The quantitative estimate of drug-likeness (QED) is 0.617. The number of H-pyrrole nitrogens is 1. The smallest absolute Gasteiger partial charge is 0.230 e. The lowest BCUT2D eigenvalue weighted by Gasteiger charge is -2.27. The first-order valence-corrected chi connectivity index (χ1v) is 9.02. The van der Waals surface area contributed by atoms with Gasteiger partial charge >= 0.3 is 0 Å². The van der Waals surface area contributed by atoms with Crippen LogP contribution in [0, 0.1) is 0 Å². The number of rotatable bonds is 6. The molecule has 136 valence electrons. The summed E-state index contributed by atoms with van der Waals surface area (Å²) in [4.78, 5) is 16.1. The lowest BCUT2D eigenvalue weighted by atomic mass is 9.83. The van der Waals surface area contributed by atoms with Crippen molar-refractivity contribution < 1.29 is 9.90 Å². The van der Waals surface area contributed by atoms with Crippen LogP contribution in [-0.2, 0) is 16.6 Å². The first-order valence-electron chi connectivity index (χ1n) is 8.64. The summed E-state index contributed by atoms with van der Waals surface area (Å²) in [5, 5.41) is 14.5. The minimum Gasteiger partial charge on any atom is -0.394 e. The second-order valence-corrected chi connectivity index (χ2v) is 7.48. The van der Waals surface area contributed by atoms with Crippen LogP contribution in [0.1, 0.15) is 25.0 Å². The molecule has 0 bridgehead atoms. The monoisotopic (exact) mass is 370 g/mol. The maximum atomic E-state index is 12.8. The van der Waals surface area contributed by atoms with Gasteiger partial charge in [0.2, 0.25) is 5.91 Å². The molecule has 1 atom stereocenters. The van der Waals surface area contributed by atoms with Crippen LogP contribution in [0.4, 0.5) is 0 Å². The highest BCUT2D eigenvalue weighted by Gasteiger charge is 2.31. The van der Waals surface area contributed by atoms with Crippen LogP contribution >= 0.6 is 11.6 Å². The zero-order chi connectivity index (χ0) is 18.7. The summed E-state index contributed by atoms with van der Waals surface area (Å²) in [5.74, 6) is -0.126. The number of fused-ring (bicyclic) bond motifs is 1. The van der Waals surface area contributed by atoms with Crippen molar-refractivity contribution in [3.8, 4) is 0 Å². The van der Waals surface area contributed by atoms with Crippen LogP contribution < -0.4 is 5.32 Å². The van der Waals surface area contributed by atoms with Gasteiger partial charge in [-0.05, 0) is 49.6 Å². The summed E-state index contributed by atoms with van der Waals surface area (Å²) < 4.78 is 0. The number of carbonyl (C=O) groups excluding carboxylic acids is 1. The molecule has 26 heavy (non-hydrogen) atoms. The van der Waals surface area contributed by atoms with Crippen LogP contribution in [0.2, 0.25) is 5.02 Å². The minimum absolute atomic E-state index is 0.123. The molecule has 0 aliphatic carbocycles. The number of amides is 1. The van der Waals surface area contributed by atoms with E-state index in [1.54, 1.807) is 12.1 Å². The number of carbonyl (C=O) groups is 1. The Morgan fingerprint density at radius 2 is 1.88 bits per heavy atom. The van der Waals surface area contributed by atoms with Gasteiger partial charge in [0.05, 0.1) is 18.1 Å². The molecule has 0 radical (unpaired) electrons. The van der Waals surface area contributed by atoms with Crippen LogP contribution in [0.15, 0.2) is 54.7 Å². The number of aromatic nitrogens is 1. The Kier molecular flexibility index (Phi) is 5.35. The van der Waals surface area contributed by atoms with Crippen molar-refractivity contribution in [3.05, 3.63) is 70.9 Å². The van der Waals surface area contributed by atoms with Crippen molar-refractivity contribution in [2.45, 2.75) is 31.7 Å². The molecule has 0 aliphatic rings. The number of benzene rings is 2. The van der Waals surface area contributed by atoms with E-state index in [-0.39, 0.29) is 18.6 Å². The molecule has 0 spiro atoms. The molecular formula is C21H23ClN2O2. The number of aromatic amines is 1. The van der Waals surface area contributed by atoms with Gasteiger partial charge in [0, 0.05) is 22.1 Å². The van der Waals surface area contributed by atoms with Crippen molar-refractivity contribution in [1.29, 1.82) is 0 Å². The molecule has 0 saturated heterocycles. The number of hydrogen-bond donors (Lipinski definition) is 3. The van der Waals surface area contributed by atoms with Crippen LogP contribution in [0.3, 0.4) is 0 Å². The summed E-state index contributed by atoms with van der Waals surface area (Å²) in [6, 6.07) is 14.9. The highest BCUT2D eigenvalue weighted by molar-refractivity contribution is 6.30. The van der Waals surface area contributed by atoms with Gasteiger partial charge in [-0.3, -0.25) is 4.79 Å². The van der Waals surface area contributed by atoms with Gasteiger partial charge in [0.25, 0.3) is 0 Å². The van der Waals surface area contributed by atoms with E-state index >= 15 is 0 Å². The topological polar surface area (TPSA) is 65.1 Å². The van der Waals surface area contributed by atoms with Gasteiger partial charge in [-0.2, -0.15) is 0 Å². The third-order valence-corrected chi connectivity index (χ3v) is 5.08. The van der Waals surface area contributed by atoms with Crippen LogP contribution in [0.5, 0.6) is 0 Å². The van der Waals surface area contributed by atoms with Crippen molar-refractivity contribution in [3.63, 3.8) is 0 Å². The predicted octanol–water partition coefficient (Wildman–Crippen LogP) is 3.82. The summed E-state index contributed by atoms with van der Waals surface area (Å²) in [5.41, 5.74) is 2.28. The molecule has 0 saturated carbocycles. The molecule has 5 heteroatoms. The molecular weight excluding hydrogens is 348 g/mol. The van der Waals surface area contributed by atoms with E-state index in [4.69, 9.17) is 11.6 Å². The van der Waals surface area contributed by atoms with Crippen molar-refractivity contribution >= 4 is 28.4 Å². The first-order chi connectivity index (χ1) is 12.4. The summed E-state index contributed by atoms with van der Waals surface area (Å²) >= 11 is 5.94. The Morgan fingerprint density at radius 3 is 2.58 bits per heavy atom. The van der Waals surface area contributed by atoms with E-state index < -0.39 is 5.41 Å². The second-order valence-electron chi connectivity index (χ2n) is 7.05. The van der Waals surface area contributed by atoms with Crippen LogP contribution in [-0.4, -0.2) is 28.6 Å². The Bertz CT molecular complexity index is 900. The van der Waals surface area contributed by atoms with E-state index in [1.807, 2.05) is 56.4 Å². The number of hydrogen-bond acceptors (Lipinski definition) is 2. The van der Waals surface area contributed by atoms with Gasteiger partial charge in [0.15, 0.2) is 0 Å². The number of aliphatic hydroxyl groups excluding tert-OH is 1. The largest absolute Gasteiger partial charge is 0.394 e. The predicted molar refractivity (Wildman–Crippen MR) is 105 cm³/mol. The molecule has 4 nitrogen and oxygen atoms in total. The number of aliphatic hydroxyl groups is 1. The minimum atomic E-state index is -0.724. The van der Waals surface area contributed by atoms with Gasteiger partial charge in [-0.1, -0.05) is 41.9 Å². The van der Waals surface area contributed by atoms with Crippen molar-refractivity contribution in [2.75, 3.05) is 6.61 Å². The number of nitrogens with one attached hydrogen (secondary N) is 2. The molecule has 1 aromatic heterocycles. The highest BCUT2D eigenvalue weighted by Crippen LogP contribution is 2.25. The van der Waals surface area contributed by atoms with Gasteiger partial charge in [-0.25, -0.2) is 0 Å². The van der Waals surface area contributed by atoms with E-state index in [9.17, 15) is 9.90 Å². The molecule has 3 rings (SSSR count). The molecule has 3 aromatic rings. The molecule has 0 unspecified atom stereocenters. The van der Waals surface area contributed by atoms with Gasteiger partial charge in [0.1, 0.15) is 0 Å². The van der Waals surface area contributed by atoms with Crippen LogP contribution in [0.25, 0.3) is 10.9 Å². The number of para-hydroxylation sites is 1. The maximum absolute atomic E-state index is 12.8. The molecule has 1 heterocycles. The van der Waals surface area contributed by atoms with Crippen molar-refractivity contribution in [2.24, 2.45) is 0 Å².